The van der Waals surface area contributed by atoms with E-state index in [9.17, 15) is 0 Å². The van der Waals surface area contributed by atoms with E-state index in [0.717, 1.165) is 17.7 Å². The van der Waals surface area contributed by atoms with Gasteiger partial charge in [-0.3, -0.25) is 4.90 Å². The molecule has 29 heavy (non-hydrogen) atoms. The van der Waals surface area contributed by atoms with Gasteiger partial charge in [0.1, 0.15) is 5.52 Å². The molecule has 0 amide bonds. The molecule has 0 fully saturated rings. The molecule has 0 aliphatic heterocycles. The van der Waals surface area contributed by atoms with Crippen LogP contribution in [0.3, 0.4) is 0 Å². The Bertz CT molecular complexity index is 619. The standard InChI is InChI=1S/C25H44N4/c1-3-5-7-9-11-13-17-21-28(22-18-14-12-10-8-6-4-2)23-29-25-20-16-15-19-24(25)26-27-29/h15-16,19-20H,3-14,17-18,21-23H2,1-2H3. The highest BCUT2D eigenvalue weighted by Gasteiger charge is 2.09. The molecule has 0 N–H and O–H groups in total. The van der Waals surface area contributed by atoms with Gasteiger partial charge in [0.05, 0.1) is 12.2 Å². The number of benzene rings is 1. The fourth-order valence-corrected chi connectivity index (χ4v) is 4.05. The topological polar surface area (TPSA) is 34.0 Å². The summed E-state index contributed by atoms with van der Waals surface area (Å²) in [6, 6.07) is 8.31. The smallest absolute Gasteiger partial charge is 0.113 e. The van der Waals surface area contributed by atoms with E-state index in [2.05, 4.69) is 51.9 Å². The first-order valence-electron chi connectivity index (χ1n) is 12.4. The average Bonchev–Trinajstić information content (AvgIpc) is 3.15. The lowest BCUT2D eigenvalue weighted by Gasteiger charge is -2.22. The molecule has 0 aliphatic carbocycles. The number of rotatable bonds is 18. The van der Waals surface area contributed by atoms with Crippen molar-refractivity contribution in [2.24, 2.45) is 0 Å². The minimum absolute atomic E-state index is 0.867. The molecule has 1 aromatic carbocycles. The summed E-state index contributed by atoms with van der Waals surface area (Å²) in [4.78, 5) is 2.60. The molecule has 0 bridgehead atoms. The maximum atomic E-state index is 4.42. The van der Waals surface area contributed by atoms with Crippen molar-refractivity contribution in [1.82, 2.24) is 19.9 Å². The van der Waals surface area contributed by atoms with Gasteiger partial charge >= 0.3 is 0 Å². The summed E-state index contributed by atoms with van der Waals surface area (Å²) in [6.07, 6.45) is 19.2. The summed E-state index contributed by atoms with van der Waals surface area (Å²) >= 11 is 0. The highest BCUT2D eigenvalue weighted by atomic mass is 15.5. The number of unbranched alkanes of at least 4 members (excludes halogenated alkanes) is 12. The van der Waals surface area contributed by atoms with Crippen LogP contribution in [0.2, 0.25) is 0 Å². The predicted molar refractivity (Wildman–Crippen MR) is 125 cm³/mol. The predicted octanol–water partition coefficient (Wildman–Crippen LogP) is 7.19. The first-order valence-corrected chi connectivity index (χ1v) is 12.4. The second kappa shape index (κ2) is 15.4. The van der Waals surface area contributed by atoms with E-state index in [0.29, 0.717) is 0 Å². The molecule has 0 saturated carbocycles. The van der Waals surface area contributed by atoms with Crippen LogP contribution in [-0.2, 0) is 6.67 Å². The van der Waals surface area contributed by atoms with Crippen LogP contribution in [-0.4, -0.2) is 33.0 Å². The van der Waals surface area contributed by atoms with E-state index in [1.54, 1.807) is 0 Å². The normalized spacial score (nSPS) is 11.7. The number of hydrogen-bond acceptors (Lipinski definition) is 3. The molecule has 0 aliphatic rings. The van der Waals surface area contributed by atoms with E-state index in [1.807, 2.05) is 6.07 Å². The third kappa shape index (κ3) is 9.75. The molecule has 2 aromatic rings. The monoisotopic (exact) mass is 400 g/mol. The lowest BCUT2D eigenvalue weighted by atomic mass is 10.1. The fraction of sp³-hybridized carbons (Fsp3) is 0.760. The van der Waals surface area contributed by atoms with E-state index in [-0.39, 0.29) is 0 Å². The van der Waals surface area contributed by atoms with Crippen LogP contribution < -0.4 is 0 Å². The average molecular weight is 401 g/mol. The molecule has 0 unspecified atom stereocenters. The highest BCUT2D eigenvalue weighted by Crippen LogP contribution is 2.13. The van der Waals surface area contributed by atoms with Crippen molar-refractivity contribution in [1.29, 1.82) is 0 Å². The van der Waals surface area contributed by atoms with Crippen LogP contribution in [0, 0.1) is 0 Å². The van der Waals surface area contributed by atoms with Gasteiger partial charge in [-0.05, 0) is 38.1 Å². The van der Waals surface area contributed by atoms with Gasteiger partial charge in [-0.1, -0.05) is 108 Å². The third-order valence-electron chi connectivity index (χ3n) is 5.91. The van der Waals surface area contributed by atoms with Gasteiger partial charge in [-0.15, -0.1) is 5.10 Å². The Morgan fingerprint density at radius 2 is 1.21 bits per heavy atom. The molecule has 4 heteroatoms. The Morgan fingerprint density at radius 1 is 0.690 bits per heavy atom. The van der Waals surface area contributed by atoms with Crippen molar-refractivity contribution < 1.29 is 0 Å². The minimum Gasteiger partial charge on any atom is -0.284 e. The van der Waals surface area contributed by atoms with Crippen molar-refractivity contribution in [2.75, 3.05) is 13.1 Å². The molecular formula is C25H44N4. The minimum atomic E-state index is 0.867. The molecule has 0 radical (unpaired) electrons. The van der Waals surface area contributed by atoms with Crippen molar-refractivity contribution in [3.8, 4) is 0 Å². The van der Waals surface area contributed by atoms with Crippen LogP contribution >= 0.6 is 0 Å². The number of nitrogens with zero attached hydrogens (tertiary/aromatic N) is 4. The molecule has 0 saturated heterocycles. The zero-order valence-corrected chi connectivity index (χ0v) is 19.1. The van der Waals surface area contributed by atoms with E-state index < -0.39 is 0 Å². The van der Waals surface area contributed by atoms with Crippen molar-refractivity contribution >= 4 is 11.0 Å². The lowest BCUT2D eigenvalue weighted by Crippen LogP contribution is -2.29. The van der Waals surface area contributed by atoms with Crippen LogP contribution in [0.1, 0.15) is 104 Å². The maximum Gasteiger partial charge on any atom is 0.113 e. The number of hydrogen-bond donors (Lipinski definition) is 0. The lowest BCUT2D eigenvalue weighted by molar-refractivity contribution is 0.199. The number of fused-ring (bicyclic) bond motifs is 1. The Kier molecular flexibility index (Phi) is 12.7. The van der Waals surface area contributed by atoms with Crippen LogP contribution in [0.5, 0.6) is 0 Å². The maximum absolute atomic E-state index is 4.42. The number of para-hydroxylation sites is 1. The molecule has 1 heterocycles. The van der Waals surface area contributed by atoms with E-state index in [4.69, 9.17) is 0 Å². The van der Waals surface area contributed by atoms with Crippen molar-refractivity contribution in [2.45, 2.75) is 110 Å². The molecule has 164 valence electrons. The van der Waals surface area contributed by atoms with Crippen LogP contribution in [0.25, 0.3) is 11.0 Å². The van der Waals surface area contributed by atoms with Crippen molar-refractivity contribution in [3.63, 3.8) is 0 Å². The summed E-state index contributed by atoms with van der Waals surface area (Å²) in [5.74, 6) is 0. The summed E-state index contributed by atoms with van der Waals surface area (Å²) in [7, 11) is 0. The zero-order chi connectivity index (χ0) is 20.6. The molecule has 1 aromatic heterocycles. The summed E-state index contributed by atoms with van der Waals surface area (Å²) in [5.41, 5.74) is 2.15. The summed E-state index contributed by atoms with van der Waals surface area (Å²) in [6.45, 7) is 7.80. The van der Waals surface area contributed by atoms with Gasteiger partial charge in [0.15, 0.2) is 0 Å². The first kappa shape index (κ1) is 23.9. The van der Waals surface area contributed by atoms with Crippen LogP contribution in [0.15, 0.2) is 24.3 Å². The Morgan fingerprint density at radius 3 is 1.79 bits per heavy atom. The second-order valence-corrected chi connectivity index (χ2v) is 8.58. The summed E-state index contributed by atoms with van der Waals surface area (Å²) in [5, 5.41) is 8.75. The Labute approximate surface area is 179 Å². The van der Waals surface area contributed by atoms with Gasteiger partial charge in [-0.25, -0.2) is 4.68 Å². The Hall–Kier alpha value is -1.42. The first-order chi connectivity index (χ1) is 14.3. The van der Waals surface area contributed by atoms with Gasteiger partial charge in [0, 0.05) is 0 Å². The second-order valence-electron chi connectivity index (χ2n) is 8.58. The highest BCUT2D eigenvalue weighted by molar-refractivity contribution is 5.73. The van der Waals surface area contributed by atoms with Gasteiger partial charge < -0.3 is 0 Å². The molecular weight excluding hydrogens is 356 g/mol. The quantitative estimate of drug-likeness (QED) is 0.248. The molecule has 4 nitrogen and oxygen atoms in total. The van der Waals surface area contributed by atoms with Crippen LogP contribution in [0.4, 0.5) is 0 Å². The van der Waals surface area contributed by atoms with E-state index >= 15 is 0 Å². The van der Waals surface area contributed by atoms with Gasteiger partial charge in [-0.2, -0.15) is 0 Å². The third-order valence-corrected chi connectivity index (χ3v) is 5.91. The molecule has 0 spiro atoms. The van der Waals surface area contributed by atoms with Crippen molar-refractivity contribution in [3.05, 3.63) is 24.3 Å². The SMILES string of the molecule is CCCCCCCCCN(CCCCCCCCC)Cn1nnc2ccccc21. The Balaban J connectivity index is 1.76. The van der Waals surface area contributed by atoms with Gasteiger partial charge in [0.25, 0.3) is 0 Å². The fourth-order valence-electron chi connectivity index (χ4n) is 4.05. The van der Waals surface area contributed by atoms with E-state index in [1.165, 1.54) is 103 Å². The number of aromatic nitrogens is 3. The molecule has 2 rings (SSSR count). The molecule has 0 atom stereocenters. The zero-order valence-electron chi connectivity index (χ0n) is 19.1. The summed E-state index contributed by atoms with van der Waals surface area (Å²) < 4.78 is 2.08. The van der Waals surface area contributed by atoms with Gasteiger partial charge in [0.2, 0.25) is 0 Å². The largest absolute Gasteiger partial charge is 0.284 e.